The number of fused-ring (bicyclic) bond motifs is 4. The van der Waals surface area contributed by atoms with Gasteiger partial charge in [0.2, 0.25) is 11.8 Å². The summed E-state index contributed by atoms with van der Waals surface area (Å²) in [5.74, 6) is 0.400. The molecular formula is C31H31N5O2. The van der Waals surface area contributed by atoms with Gasteiger partial charge in [0.25, 0.3) is 0 Å². The molecule has 5 rings (SSSR count). The highest BCUT2D eigenvalue weighted by molar-refractivity contribution is 5.96. The highest BCUT2D eigenvalue weighted by atomic mass is 16.2. The van der Waals surface area contributed by atoms with Crippen molar-refractivity contribution in [2.24, 2.45) is 0 Å². The van der Waals surface area contributed by atoms with E-state index in [-0.39, 0.29) is 11.8 Å². The molecule has 4 aromatic rings. The normalized spacial score (nSPS) is 18.3. The summed E-state index contributed by atoms with van der Waals surface area (Å²) >= 11 is 0. The fraction of sp³-hybridized carbons (Fsp3) is 0.194. The summed E-state index contributed by atoms with van der Waals surface area (Å²) in [7, 11) is 0. The molecule has 7 nitrogen and oxygen atoms in total. The Balaban J connectivity index is 1.43. The summed E-state index contributed by atoms with van der Waals surface area (Å²) in [6.45, 7) is 1.06. The number of hydrogen-bond donors (Lipinski definition) is 4. The van der Waals surface area contributed by atoms with E-state index in [4.69, 9.17) is 0 Å². The van der Waals surface area contributed by atoms with Gasteiger partial charge in [0.1, 0.15) is 11.6 Å². The number of hydrogen-bond acceptors (Lipinski definition) is 5. The Labute approximate surface area is 222 Å². The van der Waals surface area contributed by atoms with Crippen LogP contribution in [0.15, 0.2) is 103 Å². The fourth-order valence-electron chi connectivity index (χ4n) is 4.55. The first-order chi connectivity index (χ1) is 18.6. The first kappa shape index (κ1) is 25.3. The number of carbonyl (C=O) groups excluding carboxylic acids is 2. The van der Waals surface area contributed by atoms with E-state index >= 15 is 0 Å². The highest BCUT2D eigenvalue weighted by Gasteiger charge is 2.22. The number of rotatable bonds is 4. The molecule has 192 valence electrons. The van der Waals surface area contributed by atoms with Crippen molar-refractivity contribution >= 4 is 23.5 Å². The van der Waals surface area contributed by atoms with Gasteiger partial charge in [-0.3, -0.25) is 9.59 Å². The summed E-state index contributed by atoms with van der Waals surface area (Å²) in [6, 6.07) is 32.3. The number of pyridine rings is 1. The fourth-order valence-corrected chi connectivity index (χ4v) is 4.55. The first-order valence-corrected chi connectivity index (χ1v) is 12.8. The molecule has 0 radical (unpaired) electrons. The number of nitrogens with zero attached hydrogens (tertiary/aromatic N) is 1. The highest BCUT2D eigenvalue weighted by Crippen LogP contribution is 2.14. The number of amides is 2. The van der Waals surface area contributed by atoms with E-state index in [1.165, 1.54) is 0 Å². The first-order valence-electron chi connectivity index (χ1n) is 12.8. The van der Waals surface area contributed by atoms with Crippen LogP contribution >= 0.6 is 0 Å². The van der Waals surface area contributed by atoms with Crippen molar-refractivity contribution in [1.29, 1.82) is 0 Å². The Kier molecular flexibility index (Phi) is 8.18. The smallest absolute Gasteiger partial charge is 0.243 e. The van der Waals surface area contributed by atoms with Crippen LogP contribution < -0.4 is 21.3 Å². The maximum atomic E-state index is 13.4. The lowest BCUT2D eigenvalue weighted by Gasteiger charge is -2.21. The van der Waals surface area contributed by atoms with Crippen molar-refractivity contribution in [2.75, 3.05) is 10.6 Å². The molecule has 0 spiro atoms. The van der Waals surface area contributed by atoms with Gasteiger partial charge in [-0.15, -0.1) is 0 Å². The van der Waals surface area contributed by atoms with E-state index < -0.39 is 12.1 Å². The molecule has 1 aromatic heterocycles. The Morgan fingerprint density at radius 3 is 1.50 bits per heavy atom. The standard InChI is InChI=1S/C31H31N5O2/c37-30-26(18-22-9-3-1-4-10-22)32-20-24-13-7-14-25(17-24)21-33-27(19-23-11-5-2-6-12-23)31(38)36-29-16-8-15-28(34-29)35-30/h1-17,26-27,32-33H,18-21H2,(H2,34,35,36,37,38)/t26-,27-/m0/s1. The summed E-state index contributed by atoms with van der Waals surface area (Å²) in [5, 5.41) is 12.7. The molecule has 4 bridgehead atoms. The molecule has 0 unspecified atom stereocenters. The quantitative estimate of drug-likeness (QED) is 0.335. The SMILES string of the molecule is O=C1Nc2cccc(n2)NC(=O)[C@H](Cc2ccccc2)NCc2cccc(c2)CN[C@H]1Cc1ccccc1. The van der Waals surface area contributed by atoms with E-state index in [9.17, 15) is 9.59 Å². The van der Waals surface area contributed by atoms with Crippen molar-refractivity contribution in [3.05, 3.63) is 125 Å². The molecule has 2 atom stereocenters. The van der Waals surface area contributed by atoms with Crippen LogP contribution in [0.25, 0.3) is 0 Å². The summed E-state index contributed by atoms with van der Waals surface area (Å²) in [4.78, 5) is 31.2. The van der Waals surface area contributed by atoms with Gasteiger partial charge in [-0.1, -0.05) is 91.0 Å². The number of aromatic nitrogens is 1. The second-order valence-corrected chi connectivity index (χ2v) is 9.45. The third kappa shape index (κ3) is 6.91. The monoisotopic (exact) mass is 505 g/mol. The van der Waals surface area contributed by atoms with Gasteiger partial charge in [0, 0.05) is 13.1 Å². The van der Waals surface area contributed by atoms with Gasteiger partial charge in [-0.25, -0.2) is 4.98 Å². The van der Waals surface area contributed by atoms with Crippen molar-refractivity contribution in [3.8, 4) is 0 Å². The molecule has 0 saturated carbocycles. The molecule has 38 heavy (non-hydrogen) atoms. The van der Waals surface area contributed by atoms with Gasteiger partial charge in [-0.05, 0) is 47.2 Å². The molecule has 7 heteroatoms. The Morgan fingerprint density at radius 2 is 1.03 bits per heavy atom. The second-order valence-electron chi connectivity index (χ2n) is 9.45. The van der Waals surface area contributed by atoms with Crippen LogP contribution in [0.4, 0.5) is 11.6 Å². The van der Waals surface area contributed by atoms with Crippen LogP contribution in [0, 0.1) is 0 Å². The predicted molar refractivity (Wildman–Crippen MR) is 149 cm³/mol. The Morgan fingerprint density at radius 1 is 0.579 bits per heavy atom. The average molecular weight is 506 g/mol. The van der Waals surface area contributed by atoms with E-state index in [2.05, 4.69) is 32.3 Å². The summed E-state index contributed by atoms with van der Waals surface area (Å²) in [6.07, 6.45) is 1.07. The topological polar surface area (TPSA) is 95.2 Å². The third-order valence-corrected chi connectivity index (χ3v) is 6.55. The van der Waals surface area contributed by atoms with E-state index in [0.29, 0.717) is 37.6 Å². The maximum Gasteiger partial charge on any atom is 0.243 e. The molecule has 0 fully saturated rings. The van der Waals surface area contributed by atoms with Crippen LogP contribution in [0.5, 0.6) is 0 Å². The molecule has 2 amide bonds. The molecule has 0 aliphatic carbocycles. The van der Waals surface area contributed by atoms with Crippen LogP contribution in [0.1, 0.15) is 22.3 Å². The largest absolute Gasteiger partial charge is 0.309 e. The number of anilines is 2. The zero-order valence-corrected chi connectivity index (χ0v) is 21.1. The van der Waals surface area contributed by atoms with E-state index in [1.807, 2.05) is 78.9 Å². The van der Waals surface area contributed by atoms with Crippen LogP contribution in [-0.4, -0.2) is 28.9 Å². The number of benzene rings is 3. The molecule has 0 saturated heterocycles. The Bertz CT molecular complexity index is 1280. The average Bonchev–Trinajstić information content (AvgIpc) is 2.94. The van der Waals surface area contributed by atoms with E-state index in [1.54, 1.807) is 18.2 Å². The minimum absolute atomic E-state index is 0.184. The van der Waals surface area contributed by atoms with E-state index in [0.717, 1.165) is 22.3 Å². The lowest BCUT2D eigenvalue weighted by atomic mass is 10.0. The van der Waals surface area contributed by atoms with Gasteiger partial charge in [0.05, 0.1) is 12.1 Å². The zero-order chi connectivity index (χ0) is 26.2. The molecule has 4 N–H and O–H groups in total. The number of carbonyl (C=O) groups is 2. The van der Waals surface area contributed by atoms with Crippen molar-refractivity contribution in [2.45, 2.75) is 38.0 Å². The van der Waals surface area contributed by atoms with Crippen molar-refractivity contribution in [1.82, 2.24) is 15.6 Å². The molecule has 2 heterocycles. The zero-order valence-electron chi connectivity index (χ0n) is 21.1. The van der Waals surface area contributed by atoms with Gasteiger partial charge < -0.3 is 21.3 Å². The van der Waals surface area contributed by atoms with Gasteiger partial charge >= 0.3 is 0 Å². The summed E-state index contributed by atoms with van der Waals surface area (Å²) in [5.41, 5.74) is 4.25. The lowest BCUT2D eigenvalue weighted by molar-refractivity contribution is -0.118. The van der Waals surface area contributed by atoms with Crippen LogP contribution in [0.2, 0.25) is 0 Å². The molecule has 1 aliphatic heterocycles. The summed E-state index contributed by atoms with van der Waals surface area (Å²) < 4.78 is 0. The minimum Gasteiger partial charge on any atom is -0.309 e. The van der Waals surface area contributed by atoms with Gasteiger partial charge in [0.15, 0.2) is 0 Å². The van der Waals surface area contributed by atoms with Crippen LogP contribution in [-0.2, 0) is 35.5 Å². The van der Waals surface area contributed by atoms with Crippen molar-refractivity contribution < 1.29 is 9.59 Å². The minimum atomic E-state index is -0.470. The lowest BCUT2D eigenvalue weighted by Crippen LogP contribution is -2.43. The molecular weight excluding hydrogens is 474 g/mol. The maximum absolute atomic E-state index is 13.4. The third-order valence-electron chi connectivity index (χ3n) is 6.55. The predicted octanol–water partition coefficient (Wildman–Crippen LogP) is 4.07. The molecule has 3 aromatic carbocycles. The Hall–Kier alpha value is -4.33. The van der Waals surface area contributed by atoms with Gasteiger partial charge in [-0.2, -0.15) is 0 Å². The van der Waals surface area contributed by atoms with Crippen molar-refractivity contribution in [3.63, 3.8) is 0 Å². The second kappa shape index (κ2) is 12.3. The number of nitrogens with one attached hydrogen (secondary N) is 4. The molecule has 1 aliphatic rings. The van der Waals surface area contributed by atoms with Crippen LogP contribution in [0.3, 0.4) is 0 Å².